The van der Waals surface area contributed by atoms with E-state index in [0.29, 0.717) is 6.61 Å². The summed E-state index contributed by atoms with van der Waals surface area (Å²) in [4.78, 5) is 20.5. The van der Waals surface area contributed by atoms with Gasteiger partial charge < -0.3 is 14.0 Å². The van der Waals surface area contributed by atoms with Crippen LogP contribution in [0.15, 0.2) is 66.7 Å². The second kappa shape index (κ2) is 10.5. The SMILES string of the molecule is CCOCN(C(=O)Cn1c(-c2ccc(OC)cc2)nc2ccccc21)c1c(C)cccc1CC. The highest BCUT2D eigenvalue weighted by atomic mass is 16.5. The summed E-state index contributed by atoms with van der Waals surface area (Å²) >= 11 is 0. The van der Waals surface area contributed by atoms with Crippen LogP contribution in [-0.2, 0) is 22.5 Å². The number of aromatic nitrogens is 2. The molecule has 0 fully saturated rings. The van der Waals surface area contributed by atoms with Gasteiger partial charge in [-0.25, -0.2) is 4.98 Å². The Labute approximate surface area is 200 Å². The van der Waals surface area contributed by atoms with Crippen molar-refractivity contribution in [3.63, 3.8) is 0 Å². The zero-order valence-electron chi connectivity index (χ0n) is 20.2. The number of carbonyl (C=O) groups excluding carboxylic acids is 1. The van der Waals surface area contributed by atoms with Gasteiger partial charge in [0.05, 0.1) is 23.8 Å². The fourth-order valence-electron chi connectivity index (χ4n) is 4.25. The number of benzene rings is 3. The average Bonchev–Trinajstić information content (AvgIpc) is 3.23. The smallest absolute Gasteiger partial charge is 0.248 e. The summed E-state index contributed by atoms with van der Waals surface area (Å²) in [6, 6.07) is 21.8. The van der Waals surface area contributed by atoms with Crippen LogP contribution in [0, 0.1) is 6.92 Å². The van der Waals surface area contributed by atoms with E-state index in [1.165, 1.54) is 0 Å². The number of para-hydroxylation sites is 3. The van der Waals surface area contributed by atoms with Crippen LogP contribution in [0.3, 0.4) is 0 Å². The maximum atomic E-state index is 13.8. The Balaban J connectivity index is 1.77. The predicted octanol–water partition coefficient (Wildman–Crippen LogP) is 5.61. The van der Waals surface area contributed by atoms with Crippen molar-refractivity contribution >= 4 is 22.6 Å². The number of hydrogen-bond donors (Lipinski definition) is 0. The van der Waals surface area contributed by atoms with Crippen LogP contribution in [0.2, 0.25) is 0 Å². The molecule has 4 rings (SSSR count). The third-order valence-electron chi connectivity index (χ3n) is 5.99. The van der Waals surface area contributed by atoms with Gasteiger partial charge in [-0.3, -0.25) is 9.69 Å². The Morgan fingerprint density at radius 2 is 1.76 bits per heavy atom. The third-order valence-corrected chi connectivity index (χ3v) is 5.99. The Bertz CT molecular complexity index is 1280. The number of fused-ring (bicyclic) bond motifs is 1. The maximum Gasteiger partial charge on any atom is 0.248 e. The van der Waals surface area contributed by atoms with Gasteiger partial charge in [0.2, 0.25) is 5.91 Å². The number of methoxy groups -OCH3 is 1. The number of anilines is 1. The first-order chi connectivity index (χ1) is 16.6. The minimum atomic E-state index is -0.0460. The van der Waals surface area contributed by atoms with Crippen LogP contribution in [0.4, 0.5) is 5.69 Å². The predicted molar refractivity (Wildman–Crippen MR) is 136 cm³/mol. The molecule has 0 bridgehead atoms. The van der Waals surface area contributed by atoms with Crippen molar-refractivity contribution in [2.75, 3.05) is 25.3 Å². The van der Waals surface area contributed by atoms with Gasteiger partial charge in [0, 0.05) is 12.2 Å². The molecule has 1 amide bonds. The summed E-state index contributed by atoms with van der Waals surface area (Å²) in [5, 5.41) is 0. The van der Waals surface area contributed by atoms with Crippen LogP contribution in [0.25, 0.3) is 22.4 Å². The van der Waals surface area contributed by atoms with E-state index >= 15 is 0 Å². The van der Waals surface area contributed by atoms with E-state index in [4.69, 9.17) is 14.5 Å². The Kier molecular flexibility index (Phi) is 7.28. The molecule has 3 aromatic carbocycles. The molecule has 176 valence electrons. The summed E-state index contributed by atoms with van der Waals surface area (Å²) in [5.41, 5.74) is 5.79. The Morgan fingerprint density at radius 3 is 2.47 bits per heavy atom. The topological polar surface area (TPSA) is 56.6 Å². The van der Waals surface area contributed by atoms with Crippen LogP contribution >= 0.6 is 0 Å². The number of imidazole rings is 1. The normalized spacial score (nSPS) is 11.1. The summed E-state index contributed by atoms with van der Waals surface area (Å²) in [5.74, 6) is 1.47. The molecule has 1 heterocycles. The van der Waals surface area contributed by atoms with Gasteiger partial charge in [-0.15, -0.1) is 0 Å². The Hall–Kier alpha value is -3.64. The number of nitrogens with zero attached hydrogens (tertiary/aromatic N) is 3. The van der Waals surface area contributed by atoms with Gasteiger partial charge >= 0.3 is 0 Å². The molecule has 0 N–H and O–H groups in total. The first kappa shape index (κ1) is 23.5. The van der Waals surface area contributed by atoms with E-state index in [0.717, 1.165) is 51.4 Å². The lowest BCUT2D eigenvalue weighted by molar-refractivity contribution is -0.120. The summed E-state index contributed by atoms with van der Waals surface area (Å²) < 4.78 is 13.0. The molecule has 0 atom stereocenters. The van der Waals surface area contributed by atoms with Crippen molar-refractivity contribution in [1.29, 1.82) is 0 Å². The average molecular weight is 458 g/mol. The highest BCUT2D eigenvalue weighted by molar-refractivity contribution is 5.96. The molecule has 0 aliphatic carbocycles. The summed E-state index contributed by atoms with van der Waals surface area (Å²) in [6.07, 6.45) is 0.831. The van der Waals surface area contributed by atoms with Crippen molar-refractivity contribution in [3.8, 4) is 17.1 Å². The number of aryl methyl sites for hydroxylation is 2. The molecule has 0 saturated heterocycles. The third kappa shape index (κ3) is 4.68. The molecular weight excluding hydrogens is 426 g/mol. The molecule has 0 spiro atoms. The number of carbonyl (C=O) groups is 1. The zero-order chi connectivity index (χ0) is 24.1. The van der Waals surface area contributed by atoms with E-state index in [2.05, 4.69) is 13.0 Å². The van der Waals surface area contributed by atoms with Gasteiger partial charge in [-0.1, -0.05) is 37.3 Å². The molecule has 0 radical (unpaired) electrons. The molecule has 6 nitrogen and oxygen atoms in total. The van der Waals surface area contributed by atoms with Crippen molar-refractivity contribution in [2.45, 2.75) is 33.7 Å². The van der Waals surface area contributed by atoms with Gasteiger partial charge in [0.1, 0.15) is 24.8 Å². The van der Waals surface area contributed by atoms with E-state index in [1.54, 1.807) is 12.0 Å². The van der Waals surface area contributed by atoms with Crippen molar-refractivity contribution in [2.24, 2.45) is 0 Å². The van der Waals surface area contributed by atoms with Crippen molar-refractivity contribution in [3.05, 3.63) is 77.9 Å². The molecule has 0 saturated carbocycles. The van der Waals surface area contributed by atoms with E-state index in [9.17, 15) is 4.79 Å². The van der Waals surface area contributed by atoms with Crippen LogP contribution in [0.5, 0.6) is 5.75 Å². The monoisotopic (exact) mass is 457 g/mol. The Morgan fingerprint density at radius 1 is 1.00 bits per heavy atom. The quantitative estimate of drug-likeness (QED) is 0.307. The first-order valence-corrected chi connectivity index (χ1v) is 11.6. The lowest BCUT2D eigenvalue weighted by Gasteiger charge is -2.27. The zero-order valence-corrected chi connectivity index (χ0v) is 20.2. The van der Waals surface area contributed by atoms with Crippen LogP contribution < -0.4 is 9.64 Å². The molecule has 0 aliphatic heterocycles. The summed E-state index contributed by atoms with van der Waals surface area (Å²) in [7, 11) is 1.64. The molecule has 0 aliphatic rings. The molecule has 4 aromatic rings. The van der Waals surface area contributed by atoms with E-state index in [1.807, 2.05) is 79.1 Å². The molecule has 34 heavy (non-hydrogen) atoms. The maximum absolute atomic E-state index is 13.8. The van der Waals surface area contributed by atoms with Crippen molar-refractivity contribution in [1.82, 2.24) is 9.55 Å². The van der Waals surface area contributed by atoms with Crippen LogP contribution in [0.1, 0.15) is 25.0 Å². The summed E-state index contributed by atoms with van der Waals surface area (Å²) in [6.45, 7) is 6.96. The van der Waals surface area contributed by atoms with Crippen molar-refractivity contribution < 1.29 is 14.3 Å². The first-order valence-electron chi connectivity index (χ1n) is 11.6. The number of amides is 1. The van der Waals surface area contributed by atoms with E-state index < -0.39 is 0 Å². The van der Waals surface area contributed by atoms with Gasteiger partial charge in [-0.05, 0) is 67.8 Å². The number of hydrogen-bond acceptors (Lipinski definition) is 4. The largest absolute Gasteiger partial charge is 0.497 e. The lowest BCUT2D eigenvalue weighted by Crippen LogP contribution is -2.37. The highest BCUT2D eigenvalue weighted by Crippen LogP contribution is 2.29. The van der Waals surface area contributed by atoms with Gasteiger partial charge in [-0.2, -0.15) is 0 Å². The fourth-order valence-corrected chi connectivity index (χ4v) is 4.25. The number of ether oxygens (including phenoxy) is 2. The van der Waals surface area contributed by atoms with E-state index in [-0.39, 0.29) is 19.2 Å². The highest BCUT2D eigenvalue weighted by Gasteiger charge is 2.23. The second-order valence-electron chi connectivity index (χ2n) is 8.12. The van der Waals surface area contributed by atoms with Crippen LogP contribution in [-0.4, -0.2) is 35.9 Å². The standard InChI is InChI=1S/C28H31N3O3/c1-5-21-11-9-10-20(3)27(21)31(19-34-6-2)26(32)18-30-25-13-8-7-12-24(25)29-28(30)22-14-16-23(33-4)17-15-22/h7-17H,5-6,18-19H2,1-4H3. The molecule has 0 unspecified atom stereocenters. The van der Waals surface area contributed by atoms with Gasteiger partial charge in [0.15, 0.2) is 0 Å². The molecule has 1 aromatic heterocycles. The lowest BCUT2D eigenvalue weighted by atomic mass is 10.0. The number of rotatable bonds is 9. The molecular formula is C28H31N3O3. The molecule has 6 heteroatoms. The minimum Gasteiger partial charge on any atom is -0.497 e. The second-order valence-corrected chi connectivity index (χ2v) is 8.12. The van der Waals surface area contributed by atoms with Gasteiger partial charge in [0.25, 0.3) is 0 Å². The minimum absolute atomic E-state index is 0.0460. The fraction of sp³-hybridized carbons (Fsp3) is 0.286.